The van der Waals surface area contributed by atoms with Crippen LogP contribution in [0.5, 0.6) is 0 Å². The van der Waals surface area contributed by atoms with Gasteiger partial charge in [0.2, 0.25) is 10.0 Å². The van der Waals surface area contributed by atoms with Gasteiger partial charge in [0.1, 0.15) is 11.6 Å². The zero-order valence-corrected chi connectivity index (χ0v) is 10.2. The van der Waals surface area contributed by atoms with E-state index >= 15 is 0 Å². The molecule has 0 bridgehead atoms. The monoisotopic (exact) mass is 264 g/mol. The van der Waals surface area contributed by atoms with Crippen LogP contribution >= 0.6 is 0 Å². The van der Waals surface area contributed by atoms with E-state index < -0.39 is 26.6 Å². The first kappa shape index (κ1) is 13.9. The molecule has 0 aliphatic rings. The number of sulfonamides is 1. The standard InChI is InChI=1S/C10H14F2N2O2S/c1-2-3-4-14-17(15,16)10-8(11)5-7(13)6-9(10)12/h5-6,14H,2-4,13H2,1H3. The van der Waals surface area contributed by atoms with Crippen LogP contribution in [0.15, 0.2) is 17.0 Å². The van der Waals surface area contributed by atoms with Gasteiger partial charge in [-0.15, -0.1) is 0 Å². The van der Waals surface area contributed by atoms with Crippen LogP contribution in [0, 0.1) is 11.6 Å². The molecule has 3 N–H and O–H groups in total. The number of benzene rings is 1. The Morgan fingerprint density at radius 3 is 2.29 bits per heavy atom. The van der Waals surface area contributed by atoms with Crippen molar-refractivity contribution in [2.45, 2.75) is 24.7 Å². The van der Waals surface area contributed by atoms with E-state index in [4.69, 9.17) is 5.73 Å². The Morgan fingerprint density at radius 2 is 1.82 bits per heavy atom. The molecule has 1 aromatic carbocycles. The Hall–Kier alpha value is -1.21. The summed E-state index contributed by atoms with van der Waals surface area (Å²) in [4.78, 5) is -0.984. The lowest BCUT2D eigenvalue weighted by molar-refractivity contribution is 0.514. The molecule has 1 aromatic rings. The van der Waals surface area contributed by atoms with Gasteiger partial charge in [0, 0.05) is 12.2 Å². The van der Waals surface area contributed by atoms with E-state index in [2.05, 4.69) is 4.72 Å². The second kappa shape index (κ2) is 5.42. The summed E-state index contributed by atoms with van der Waals surface area (Å²) in [6, 6.07) is 1.55. The molecule has 7 heteroatoms. The van der Waals surface area contributed by atoms with E-state index in [0.717, 1.165) is 18.6 Å². The van der Waals surface area contributed by atoms with Crippen molar-refractivity contribution in [1.82, 2.24) is 4.72 Å². The second-order valence-corrected chi connectivity index (χ2v) is 5.27. The molecule has 0 saturated heterocycles. The number of nitrogens with two attached hydrogens (primary N) is 1. The topological polar surface area (TPSA) is 72.2 Å². The van der Waals surface area contributed by atoms with Crippen molar-refractivity contribution in [2.24, 2.45) is 0 Å². The number of unbranched alkanes of at least 4 members (excludes halogenated alkanes) is 1. The minimum atomic E-state index is -4.17. The molecule has 0 aliphatic heterocycles. The van der Waals surface area contributed by atoms with Crippen LogP contribution in [0.3, 0.4) is 0 Å². The van der Waals surface area contributed by atoms with Crippen molar-refractivity contribution < 1.29 is 17.2 Å². The highest BCUT2D eigenvalue weighted by Crippen LogP contribution is 2.21. The van der Waals surface area contributed by atoms with E-state index in [9.17, 15) is 17.2 Å². The fourth-order valence-corrected chi connectivity index (χ4v) is 2.48. The molecule has 0 heterocycles. The summed E-state index contributed by atoms with van der Waals surface area (Å²) < 4.78 is 52.1. The Balaban J connectivity index is 3.07. The molecule has 96 valence electrons. The Bertz CT molecular complexity index is 480. The number of hydrogen-bond acceptors (Lipinski definition) is 3. The Labute approximate surface area is 98.9 Å². The predicted octanol–water partition coefficient (Wildman–Crippen LogP) is 1.63. The molecular formula is C10H14F2N2O2S. The maximum Gasteiger partial charge on any atom is 0.246 e. The van der Waals surface area contributed by atoms with Crippen molar-refractivity contribution in [3.8, 4) is 0 Å². The fourth-order valence-electron chi connectivity index (χ4n) is 1.29. The number of rotatable bonds is 5. The summed E-state index contributed by atoms with van der Waals surface area (Å²) in [5.74, 6) is -2.38. The normalized spacial score (nSPS) is 11.7. The molecule has 0 fully saturated rings. The number of anilines is 1. The van der Waals surface area contributed by atoms with Gasteiger partial charge in [-0.2, -0.15) is 0 Å². The maximum absolute atomic E-state index is 13.4. The molecule has 4 nitrogen and oxygen atoms in total. The summed E-state index contributed by atoms with van der Waals surface area (Å²) in [5, 5.41) is 0. The van der Waals surface area contributed by atoms with Crippen LogP contribution in [0.2, 0.25) is 0 Å². The lowest BCUT2D eigenvalue weighted by Gasteiger charge is -2.08. The maximum atomic E-state index is 13.4. The average molecular weight is 264 g/mol. The Kier molecular flexibility index (Phi) is 4.41. The van der Waals surface area contributed by atoms with Crippen molar-refractivity contribution in [1.29, 1.82) is 0 Å². The minimum absolute atomic E-state index is 0.141. The van der Waals surface area contributed by atoms with Crippen LogP contribution in [-0.2, 0) is 10.0 Å². The number of nitrogen functional groups attached to an aromatic ring is 1. The fraction of sp³-hybridized carbons (Fsp3) is 0.400. The van der Waals surface area contributed by atoms with Crippen LogP contribution in [0.25, 0.3) is 0 Å². The zero-order chi connectivity index (χ0) is 13.1. The molecule has 17 heavy (non-hydrogen) atoms. The van der Waals surface area contributed by atoms with Crippen LogP contribution in [0.1, 0.15) is 19.8 Å². The summed E-state index contributed by atoms with van der Waals surface area (Å²) in [5.41, 5.74) is 5.04. The number of halogens is 2. The smallest absolute Gasteiger partial charge is 0.246 e. The van der Waals surface area contributed by atoms with Crippen LogP contribution < -0.4 is 10.5 Å². The van der Waals surface area contributed by atoms with Gasteiger partial charge in [0.25, 0.3) is 0 Å². The first-order valence-electron chi connectivity index (χ1n) is 5.12. The van der Waals surface area contributed by atoms with Crippen molar-refractivity contribution >= 4 is 15.7 Å². The van der Waals surface area contributed by atoms with Gasteiger partial charge in [0.05, 0.1) is 0 Å². The van der Waals surface area contributed by atoms with Crippen LogP contribution in [0.4, 0.5) is 14.5 Å². The van der Waals surface area contributed by atoms with Crippen molar-refractivity contribution in [2.75, 3.05) is 12.3 Å². The van der Waals surface area contributed by atoms with Gasteiger partial charge < -0.3 is 5.73 Å². The minimum Gasteiger partial charge on any atom is -0.399 e. The molecule has 0 radical (unpaired) electrons. The quantitative estimate of drug-likeness (QED) is 0.627. The highest BCUT2D eigenvalue weighted by molar-refractivity contribution is 7.89. The molecule has 0 aromatic heterocycles. The molecule has 0 unspecified atom stereocenters. The van der Waals surface area contributed by atoms with E-state index in [1.54, 1.807) is 0 Å². The summed E-state index contributed by atoms with van der Waals surface area (Å²) in [7, 11) is -4.17. The number of nitrogens with one attached hydrogen (secondary N) is 1. The van der Waals surface area contributed by atoms with E-state index in [1.165, 1.54) is 0 Å². The second-order valence-electron chi connectivity index (χ2n) is 3.57. The van der Waals surface area contributed by atoms with Gasteiger partial charge in [-0.1, -0.05) is 13.3 Å². The number of hydrogen-bond donors (Lipinski definition) is 2. The summed E-state index contributed by atoms with van der Waals surface area (Å²) >= 11 is 0. The molecule has 0 amide bonds. The third-order valence-electron chi connectivity index (χ3n) is 2.11. The van der Waals surface area contributed by atoms with Gasteiger partial charge in [-0.25, -0.2) is 21.9 Å². The van der Waals surface area contributed by atoms with Gasteiger partial charge >= 0.3 is 0 Å². The Morgan fingerprint density at radius 1 is 1.29 bits per heavy atom. The van der Waals surface area contributed by atoms with Crippen molar-refractivity contribution in [3.63, 3.8) is 0 Å². The first-order valence-corrected chi connectivity index (χ1v) is 6.61. The zero-order valence-electron chi connectivity index (χ0n) is 9.33. The van der Waals surface area contributed by atoms with E-state index in [0.29, 0.717) is 6.42 Å². The molecule has 1 rings (SSSR count). The van der Waals surface area contributed by atoms with Crippen LogP contribution in [-0.4, -0.2) is 15.0 Å². The van der Waals surface area contributed by atoms with E-state index in [-0.39, 0.29) is 12.2 Å². The lowest BCUT2D eigenvalue weighted by atomic mass is 10.3. The summed E-state index contributed by atoms with van der Waals surface area (Å²) in [6.07, 6.45) is 1.37. The molecule has 0 saturated carbocycles. The largest absolute Gasteiger partial charge is 0.399 e. The molecule has 0 aliphatic carbocycles. The highest BCUT2D eigenvalue weighted by Gasteiger charge is 2.23. The van der Waals surface area contributed by atoms with Gasteiger partial charge in [-0.05, 0) is 18.6 Å². The predicted molar refractivity (Wildman–Crippen MR) is 60.9 cm³/mol. The van der Waals surface area contributed by atoms with E-state index in [1.807, 2.05) is 6.92 Å². The SMILES string of the molecule is CCCCNS(=O)(=O)c1c(F)cc(N)cc1F. The lowest BCUT2D eigenvalue weighted by Crippen LogP contribution is -2.26. The van der Waals surface area contributed by atoms with Gasteiger partial charge in [0.15, 0.2) is 4.90 Å². The van der Waals surface area contributed by atoms with Crippen molar-refractivity contribution in [3.05, 3.63) is 23.8 Å². The molecule has 0 spiro atoms. The molecule has 0 atom stereocenters. The van der Waals surface area contributed by atoms with Gasteiger partial charge in [-0.3, -0.25) is 0 Å². The third-order valence-corrected chi connectivity index (χ3v) is 3.62. The third kappa shape index (κ3) is 3.37. The summed E-state index contributed by atoms with van der Waals surface area (Å²) in [6.45, 7) is 2.01. The molecular weight excluding hydrogens is 250 g/mol. The average Bonchev–Trinajstić information content (AvgIpc) is 2.15. The first-order chi connectivity index (χ1) is 7.88. The highest BCUT2D eigenvalue weighted by atomic mass is 32.2.